The van der Waals surface area contributed by atoms with Gasteiger partial charge in [-0.3, -0.25) is 0 Å². The van der Waals surface area contributed by atoms with Gasteiger partial charge in [0.15, 0.2) is 0 Å². The SMILES string of the molecule is Fc1ccc(N(c2cccc(-c3cccc(N(c4cccc(F)c4)c4cc5c(c6ccccc46)-c4c(c6ccc(N(c7ccccc7)c7cccc(F)c7)cc6c6ccccc46)C54c5ccccc5-c5ccccc54)c3)c2)c2ccc3c4c(c5ccccc5c3c2)-c2c(cc(N(c3ccccc3)c3ccc(F)cc3)c3ccccc23)C42c3ccccc3-c3ccccc32)cc1. The molecule has 4 nitrogen and oxygen atoms in total. The van der Waals surface area contributed by atoms with E-state index < -0.39 is 10.8 Å². The molecule has 0 unspecified atom stereocenters. The topological polar surface area (TPSA) is 13.0 Å². The van der Waals surface area contributed by atoms with E-state index in [1.54, 1.807) is 36.4 Å². The monoisotopic (exact) mass is 1670 g/mol. The summed E-state index contributed by atoms with van der Waals surface area (Å²) in [5.74, 6) is -1.35. The zero-order chi connectivity index (χ0) is 86.2. The Kier molecular flexibility index (Phi) is 16.6. The Morgan fingerprint density at radius 1 is 0.154 bits per heavy atom. The van der Waals surface area contributed by atoms with E-state index in [4.69, 9.17) is 0 Å². The largest absolute Gasteiger partial charge is 0.310 e. The van der Waals surface area contributed by atoms with E-state index in [9.17, 15) is 0 Å². The molecule has 4 aliphatic rings. The van der Waals surface area contributed by atoms with Crippen molar-refractivity contribution in [1.29, 1.82) is 0 Å². The number of hydrogen-bond acceptors (Lipinski definition) is 4. The fourth-order valence-corrected chi connectivity index (χ4v) is 23.0. The lowest BCUT2D eigenvalue weighted by Gasteiger charge is -2.34. The summed E-state index contributed by atoms with van der Waals surface area (Å²) in [6.45, 7) is 0. The Morgan fingerprint density at radius 2 is 0.431 bits per heavy atom. The smallest absolute Gasteiger partial charge is 0.125 e. The van der Waals surface area contributed by atoms with Crippen molar-refractivity contribution >= 4 is 133 Å². The van der Waals surface area contributed by atoms with Crippen LogP contribution in [0.15, 0.2) is 449 Å². The molecular formula is C122H74F4N4. The highest BCUT2D eigenvalue weighted by atomic mass is 19.1. The minimum absolute atomic E-state index is 0.307. The molecule has 2 spiro atoms. The normalized spacial score (nSPS) is 13.0. The predicted molar refractivity (Wildman–Crippen MR) is 528 cm³/mol. The highest BCUT2D eigenvalue weighted by Gasteiger charge is 2.56. The van der Waals surface area contributed by atoms with Crippen LogP contribution in [0.4, 0.5) is 85.8 Å². The van der Waals surface area contributed by atoms with E-state index in [2.05, 4.69) is 347 Å². The molecule has 0 bridgehead atoms. The second kappa shape index (κ2) is 28.9. The van der Waals surface area contributed by atoms with E-state index in [-0.39, 0.29) is 23.3 Å². The molecule has 22 aromatic rings. The first-order valence-corrected chi connectivity index (χ1v) is 44.2. The molecule has 26 rings (SSSR count). The molecule has 0 N–H and O–H groups in total. The first-order chi connectivity index (χ1) is 64.1. The average molecular weight is 1670 g/mol. The van der Waals surface area contributed by atoms with Crippen molar-refractivity contribution in [1.82, 2.24) is 0 Å². The zero-order valence-electron chi connectivity index (χ0n) is 70.0. The predicted octanol–water partition coefficient (Wildman–Crippen LogP) is 33.4. The Labute approximate surface area is 748 Å². The van der Waals surface area contributed by atoms with E-state index in [0.29, 0.717) is 11.4 Å². The van der Waals surface area contributed by atoms with Gasteiger partial charge in [0.1, 0.15) is 23.3 Å². The van der Waals surface area contributed by atoms with Crippen LogP contribution in [0, 0.1) is 23.3 Å². The van der Waals surface area contributed by atoms with Crippen molar-refractivity contribution in [3.8, 4) is 55.6 Å². The molecule has 0 heterocycles. The van der Waals surface area contributed by atoms with Crippen LogP contribution < -0.4 is 19.6 Å². The summed E-state index contributed by atoms with van der Waals surface area (Å²) in [5, 5.41) is 12.9. The van der Waals surface area contributed by atoms with Gasteiger partial charge in [0.05, 0.1) is 22.2 Å². The Bertz CT molecular complexity index is 8430. The maximum Gasteiger partial charge on any atom is 0.125 e. The van der Waals surface area contributed by atoms with Crippen LogP contribution in [0.1, 0.15) is 44.5 Å². The van der Waals surface area contributed by atoms with Crippen molar-refractivity contribution in [3.63, 3.8) is 0 Å². The van der Waals surface area contributed by atoms with Crippen LogP contribution in [-0.4, -0.2) is 0 Å². The van der Waals surface area contributed by atoms with Gasteiger partial charge in [0, 0.05) is 67.6 Å². The van der Waals surface area contributed by atoms with Gasteiger partial charge >= 0.3 is 0 Å². The van der Waals surface area contributed by atoms with Gasteiger partial charge in [-0.05, 0) is 324 Å². The molecule has 22 aromatic carbocycles. The van der Waals surface area contributed by atoms with Crippen LogP contribution in [-0.2, 0) is 10.8 Å². The molecular weight excluding hydrogens is 1600 g/mol. The number of anilines is 12. The van der Waals surface area contributed by atoms with E-state index in [1.807, 2.05) is 60.7 Å². The van der Waals surface area contributed by atoms with Crippen molar-refractivity contribution in [2.24, 2.45) is 0 Å². The van der Waals surface area contributed by atoms with Gasteiger partial charge < -0.3 is 19.6 Å². The molecule has 0 radical (unpaired) electrons. The third-order valence-electron chi connectivity index (χ3n) is 27.9. The number of hydrogen-bond donors (Lipinski definition) is 0. The van der Waals surface area contributed by atoms with E-state index in [0.717, 1.165) is 166 Å². The van der Waals surface area contributed by atoms with Gasteiger partial charge in [0.25, 0.3) is 0 Å². The van der Waals surface area contributed by atoms with Gasteiger partial charge in [-0.2, -0.15) is 0 Å². The number of rotatable bonds is 13. The highest BCUT2D eigenvalue weighted by Crippen LogP contribution is 2.70. The molecule has 0 saturated heterocycles. The summed E-state index contributed by atoms with van der Waals surface area (Å²) in [6.07, 6.45) is 0. The maximum atomic E-state index is 16.8. The van der Waals surface area contributed by atoms with Crippen molar-refractivity contribution < 1.29 is 17.6 Å². The van der Waals surface area contributed by atoms with Gasteiger partial charge in [0.2, 0.25) is 0 Å². The van der Waals surface area contributed by atoms with Crippen LogP contribution in [0.5, 0.6) is 0 Å². The van der Waals surface area contributed by atoms with Crippen molar-refractivity contribution in [2.75, 3.05) is 19.6 Å². The average Bonchev–Trinajstić information content (AvgIpc) is 1.49. The van der Waals surface area contributed by atoms with E-state index >= 15 is 17.6 Å². The molecule has 4 aliphatic carbocycles. The molecule has 0 saturated carbocycles. The summed E-state index contributed by atoms with van der Waals surface area (Å²) in [6, 6.07) is 155. The Hall–Kier alpha value is -16.7. The Balaban J connectivity index is 0.661. The summed E-state index contributed by atoms with van der Waals surface area (Å²) in [7, 11) is 0. The molecule has 130 heavy (non-hydrogen) atoms. The van der Waals surface area contributed by atoms with Gasteiger partial charge in [-0.25, -0.2) is 17.6 Å². The molecule has 610 valence electrons. The minimum Gasteiger partial charge on any atom is -0.310 e. The van der Waals surface area contributed by atoms with Crippen LogP contribution in [0.25, 0.3) is 120 Å². The van der Waals surface area contributed by atoms with Crippen molar-refractivity contribution in [2.45, 2.75) is 10.8 Å². The second-order valence-electron chi connectivity index (χ2n) is 34.5. The van der Waals surface area contributed by atoms with Gasteiger partial charge in [-0.15, -0.1) is 0 Å². The number of halogens is 4. The molecule has 0 aromatic heterocycles. The molecule has 0 aliphatic heterocycles. The molecule has 8 heteroatoms. The Morgan fingerprint density at radius 3 is 0.831 bits per heavy atom. The van der Waals surface area contributed by atoms with Crippen molar-refractivity contribution in [3.05, 3.63) is 517 Å². The summed E-state index contributed by atoms with van der Waals surface area (Å²) < 4.78 is 63.3. The third kappa shape index (κ3) is 10.9. The lowest BCUT2D eigenvalue weighted by Crippen LogP contribution is -2.26. The van der Waals surface area contributed by atoms with E-state index in [1.165, 1.54) is 79.9 Å². The summed E-state index contributed by atoms with van der Waals surface area (Å²) in [4.78, 5) is 8.91. The minimum atomic E-state index is -0.908. The molecule has 0 amide bonds. The number of nitrogens with zero attached hydrogens (tertiary/aromatic N) is 4. The summed E-state index contributed by atoms with van der Waals surface area (Å²) in [5.41, 5.74) is 28.7. The highest BCUT2D eigenvalue weighted by molar-refractivity contribution is 6.27. The zero-order valence-corrected chi connectivity index (χ0v) is 70.0. The van der Waals surface area contributed by atoms with Gasteiger partial charge in [-0.1, -0.05) is 279 Å². The van der Waals surface area contributed by atoms with Crippen LogP contribution in [0.2, 0.25) is 0 Å². The number of para-hydroxylation sites is 2. The standard InChI is InChI=1S/C122H74F4N4/c123-77-55-59-83(60-56-77)128(90-64-66-104-106(72-90)92-40-8-12-48-100(92)117-115-101-49-13-9-45-97(101)113(129(82-33-5-2-6-34-82)84-61-57-78(124)58-62-84)73-111(115)121(119(104)117)107-51-19-15-41-93(107)94-42-16-20-52-108(94)121)85-35-23-27-75(67-85)76-28-24-36-86(68-76)130(88-38-26-30-80(126)70-88)114-74-112-116(102-50-14-10-46-98(102)114)118-99-47-11-7-39-91(99)105-71-89(127(81-31-3-1-4-32-81)87-37-25-29-79(125)69-87)63-65-103(105)120(118)122(112)109-53-21-17-43-95(109)96-44-18-22-54-110(96)122/h1-74H. The lowest BCUT2D eigenvalue weighted by molar-refractivity contribution is 0.627. The molecule has 0 atom stereocenters. The maximum absolute atomic E-state index is 16.8. The molecule has 0 fully saturated rings. The first-order valence-electron chi connectivity index (χ1n) is 44.2. The first kappa shape index (κ1) is 74.7. The fraction of sp³-hybridized carbons (Fsp3) is 0.0164. The van der Waals surface area contributed by atoms with Crippen LogP contribution in [0.3, 0.4) is 0 Å². The second-order valence-corrected chi connectivity index (χ2v) is 34.5. The number of fused-ring (bicyclic) bond motifs is 34. The fourth-order valence-electron chi connectivity index (χ4n) is 23.0. The lowest BCUT2D eigenvalue weighted by atomic mass is 9.69. The van der Waals surface area contributed by atoms with Crippen LogP contribution >= 0.6 is 0 Å². The number of benzene rings is 22. The quantitative estimate of drug-likeness (QED) is 0.0842. The third-order valence-corrected chi connectivity index (χ3v) is 27.9. The summed E-state index contributed by atoms with van der Waals surface area (Å²) >= 11 is 0.